The lowest BCUT2D eigenvalue weighted by atomic mass is 10.1. The lowest BCUT2D eigenvalue weighted by Crippen LogP contribution is -2.35. The van der Waals surface area contributed by atoms with Crippen molar-refractivity contribution >= 4 is 5.91 Å². The topological polar surface area (TPSA) is 32.3 Å². The van der Waals surface area contributed by atoms with Crippen molar-refractivity contribution in [3.8, 4) is 0 Å². The fourth-order valence-corrected chi connectivity index (χ4v) is 1.19. The summed E-state index contributed by atoms with van der Waals surface area (Å²) < 4.78 is 0. The van der Waals surface area contributed by atoms with Gasteiger partial charge in [-0.2, -0.15) is 0 Å². The number of hydrogen-bond donors (Lipinski definition) is 1. The second-order valence-electron chi connectivity index (χ2n) is 3.59. The Hall–Kier alpha value is -0.570. The summed E-state index contributed by atoms with van der Waals surface area (Å²) in [5.41, 5.74) is 2.73. The predicted molar refractivity (Wildman–Crippen MR) is 55.2 cm³/mol. The van der Waals surface area contributed by atoms with E-state index in [4.69, 9.17) is 0 Å². The second kappa shape index (κ2) is 8.05. The van der Waals surface area contributed by atoms with E-state index in [1.807, 2.05) is 14.1 Å². The second-order valence-corrected chi connectivity index (χ2v) is 3.59. The molecule has 0 aromatic rings. The van der Waals surface area contributed by atoms with Gasteiger partial charge in [0.25, 0.3) is 0 Å². The van der Waals surface area contributed by atoms with Gasteiger partial charge in [0.2, 0.25) is 5.91 Å². The first-order chi connectivity index (χ1) is 6.16. The van der Waals surface area contributed by atoms with Crippen LogP contribution in [0.2, 0.25) is 0 Å². The Balaban J connectivity index is 3.17. The summed E-state index contributed by atoms with van der Waals surface area (Å²) >= 11 is 0. The fraction of sp³-hybridized carbons (Fsp3) is 0.900. The van der Waals surface area contributed by atoms with Crippen molar-refractivity contribution in [2.24, 2.45) is 0 Å². The van der Waals surface area contributed by atoms with Crippen LogP contribution < -0.4 is 5.43 Å². The van der Waals surface area contributed by atoms with Gasteiger partial charge in [0.1, 0.15) is 0 Å². The first-order valence-corrected chi connectivity index (χ1v) is 5.13. The van der Waals surface area contributed by atoms with Gasteiger partial charge in [-0.1, -0.05) is 32.6 Å². The summed E-state index contributed by atoms with van der Waals surface area (Å²) in [6.07, 6.45) is 6.64. The van der Waals surface area contributed by atoms with Crippen molar-refractivity contribution in [2.45, 2.75) is 45.4 Å². The number of nitrogens with one attached hydrogen (secondary N) is 1. The van der Waals surface area contributed by atoms with E-state index in [9.17, 15) is 4.79 Å². The molecule has 0 rings (SSSR count). The van der Waals surface area contributed by atoms with Crippen molar-refractivity contribution in [3.63, 3.8) is 0 Å². The number of hydrogen-bond acceptors (Lipinski definition) is 2. The van der Waals surface area contributed by atoms with Crippen molar-refractivity contribution in [1.82, 2.24) is 10.4 Å². The number of nitrogens with zero attached hydrogens (tertiary/aromatic N) is 1. The molecule has 1 amide bonds. The highest BCUT2D eigenvalue weighted by molar-refractivity contribution is 5.75. The van der Waals surface area contributed by atoms with Crippen LogP contribution in [0.25, 0.3) is 0 Å². The van der Waals surface area contributed by atoms with E-state index in [2.05, 4.69) is 12.3 Å². The molecule has 13 heavy (non-hydrogen) atoms. The largest absolute Gasteiger partial charge is 0.289 e. The molecule has 0 radical (unpaired) electrons. The van der Waals surface area contributed by atoms with Crippen LogP contribution in [0.3, 0.4) is 0 Å². The number of carbonyl (C=O) groups is 1. The van der Waals surface area contributed by atoms with Crippen molar-refractivity contribution in [2.75, 3.05) is 14.1 Å². The average molecular weight is 186 g/mol. The van der Waals surface area contributed by atoms with Crippen LogP contribution in [0.5, 0.6) is 0 Å². The quantitative estimate of drug-likeness (QED) is 0.487. The van der Waals surface area contributed by atoms with Gasteiger partial charge in [-0.3, -0.25) is 10.2 Å². The third kappa shape index (κ3) is 9.34. The van der Waals surface area contributed by atoms with Crippen molar-refractivity contribution < 1.29 is 4.79 Å². The molecule has 0 heterocycles. The molecule has 0 aromatic carbocycles. The molecule has 1 N–H and O–H groups in total. The monoisotopic (exact) mass is 186 g/mol. The Labute approximate surface area is 81.5 Å². The molecule has 0 unspecified atom stereocenters. The highest BCUT2D eigenvalue weighted by atomic mass is 16.2. The standard InChI is InChI=1S/C10H22N2O/c1-4-5-6-7-8-9-10(13)11-12(2)3/h4-9H2,1-3H3,(H,11,13). The highest BCUT2D eigenvalue weighted by Gasteiger charge is 2.00. The highest BCUT2D eigenvalue weighted by Crippen LogP contribution is 2.04. The number of carbonyl (C=O) groups excluding carboxylic acids is 1. The third-order valence-corrected chi connectivity index (χ3v) is 1.86. The Kier molecular flexibility index (Phi) is 7.69. The van der Waals surface area contributed by atoms with E-state index >= 15 is 0 Å². The number of amides is 1. The molecule has 3 heteroatoms. The Morgan fingerprint density at radius 1 is 1.15 bits per heavy atom. The van der Waals surface area contributed by atoms with Crippen molar-refractivity contribution in [1.29, 1.82) is 0 Å². The molecular weight excluding hydrogens is 164 g/mol. The van der Waals surface area contributed by atoms with E-state index < -0.39 is 0 Å². The minimum Gasteiger partial charge on any atom is -0.289 e. The zero-order valence-electron chi connectivity index (χ0n) is 9.10. The van der Waals surface area contributed by atoms with E-state index in [-0.39, 0.29) is 5.91 Å². The summed E-state index contributed by atoms with van der Waals surface area (Å²) in [4.78, 5) is 11.1. The van der Waals surface area contributed by atoms with E-state index in [1.165, 1.54) is 25.7 Å². The zero-order valence-corrected chi connectivity index (χ0v) is 9.10. The van der Waals surface area contributed by atoms with Gasteiger partial charge in [-0.25, -0.2) is 5.01 Å². The maximum absolute atomic E-state index is 11.1. The molecule has 0 atom stereocenters. The van der Waals surface area contributed by atoms with Crippen LogP contribution in [0.15, 0.2) is 0 Å². The summed E-state index contributed by atoms with van der Waals surface area (Å²) in [7, 11) is 3.66. The van der Waals surface area contributed by atoms with E-state index in [0.29, 0.717) is 6.42 Å². The summed E-state index contributed by atoms with van der Waals surface area (Å²) in [5, 5.41) is 1.69. The predicted octanol–water partition coefficient (Wildman–Crippen LogP) is 1.94. The molecule has 78 valence electrons. The first-order valence-electron chi connectivity index (χ1n) is 5.13. The normalized spacial score (nSPS) is 10.5. The summed E-state index contributed by atoms with van der Waals surface area (Å²) in [5.74, 6) is 0.126. The molecule has 0 aromatic heterocycles. The molecule has 0 fully saturated rings. The number of unbranched alkanes of at least 4 members (excludes halogenated alkanes) is 4. The third-order valence-electron chi connectivity index (χ3n) is 1.86. The SMILES string of the molecule is CCCCCCCC(=O)NN(C)C. The van der Waals surface area contributed by atoms with Crippen LogP contribution in [0, 0.1) is 0 Å². The maximum Gasteiger partial charge on any atom is 0.234 e. The first kappa shape index (κ1) is 12.4. The average Bonchev–Trinajstić information content (AvgIpc) is 2.02. The van der Waals surface area contributed by atoms with Crippen LogP contribution >= 0.6 is 0 Å². The molecular formula is C10H22N2O. The van der Waals surface area contributed by atoms with Crippen LogP contribution in [-0.4, -0.2) is 25.0 Å². The molecule has 0 saturated heterocycles. The van der Waals surface area contributed by atoms with E-state index in [1.54, 1.807) is 5.01 Å². The van der Waals surface area contributed by atoms with Gasteiger partial charge in [-0.15, -0.1) is 0 Å². The number of rotatable bonds is 7. The van der Waals surface area contributed by atoms with Gasteiger partial charge in [0.15, 0.2) is 0 Å². The van der Waals surface area contributed by atoms with Crippen LogP contribution in [0.1, 0.15) is 45.4 Å². The Bertz CT molecular complexity index is 135. The lowest BCUT2D eigenvalue weighted by molar-refractivity contribution is -0.124. The van der Waals surface area contributed by atoms with E-state index in [0.717, 1.165) is 6.42 Å². The molecule has 0 aliphatic rings. The Morgan fingerprint density at radius 2 is 1.77 bits per heavy atom. The minimum absolute atomic E-state index is 0.126. The van der Waals surface area contributed by atoms with Crippen LogP contribution in [-0.2, 0) is 4.79 Å². The Morgan fingerprint density at radius 3 is 2.31 bits per heavy atom. The van der Waals surface area contributed by atoms with Gasteiger partial charge in [0.05, 0.1) is 0 Å². The molecule has 0 aliphatic carbocycles. The lowest BCUT2D eigenvalue weighted by Gasteiger charge is -2.11. The molecule has 0 saturated carbocycles. The van der Waals surface area contributed by atoms with Crippen LogP contribution in [0.4, 0.5) is 0 Å². The molecule has 0 aliphatic heterocycles. The summed E-state index contributed by atoms with van der Waals surface area (Å²) in [6.45, 7) is 2.19. The zero-order chi connectivity index (χ0) is 10.1. The number of hydrazine groups is 1. The molecule has 3 nitrogen and oxygen atoms in total. The minimum atomic E-state index is 0.126. The smallest absolute Gasteiger partial charge is 0.234 e. The van der Waals surface area contributed by atoms with Gasteiger partial charge >= 0.3 is 0 Å². The molecule has 0 spiro atoms. The maximum atomic E-state index is 11.1. The van der Waals surface area contributed by atoms with Gasteiger partial charge in [0, 0.05) is 20.5 Å². The van der Waals surface area contributed by atoms with Gasteiger partial charge < -0.3 is 0 Å². The molecule has 0 bridgehead atoms. The van der Waals surface area contributed by atoms with Crippen molar-refractivity contribution in [3.05, 3.63) is 0 Å². The van der Waals surface area contributed by atoms with Gasteiger partial charge in [-0.05, 0) is 6.42 Å². The summed E-state index contributed by atoms with van der Waals surface area (Å²) in [6, 6.07) is 0. The fourth-order valence-electron chi connectivity index (χ4n) is 1.19.